The molecule has 33 heteroatoms. The summed E-state index contributed by atoms with van der Waals surface area (Å²) in [6.45, 7) is 0.830. The Morgan fingerprint density at radius 2 is 1.00 bits per heavy atom. The summed E-state index contributed by atoms with van der Waals surface area (Å²) < 4.78 is 56.5. The first-order valence-electron chi connectivity index (χ1n) is 27.6. The summed E-state index contributed by atoms with van der Waals surface area (Å²) >= 11 is 16.6. The van der Waals surface area contributed by atoms with Crippen molar-refractivity contribution in [2.24, 2.45) is 15.3 Å². The van der Waals surface area contributed by atoms with Gasteiger partial charge in [0.05, 0.1) is 46.8 Å². The normalized spacial score (nSPS) is 28.3. The highest BCUT2D eigenvalue weighted by Gasteiger charge is 2.54. The molecule has 27 nitrogen and oxygen atoms in total. The zero-order valence-electron chi connectivity index (χ0n) is 47.6. The lowest BCUT2D eigenvalue weighted by Gasteiger charge is -2.48. The van der Waals surface area contributed by atoms with Crippen LogP contribution >= 0.6 is 21.2 Å². The minimum absolute atomic E-state index is 0.0517. The van der Waals surface area contributed by atoms with Crippen molar-refractivity contribution in [2.75, 3.05) is 47.5 Å². The van der Waals surface area contributed by atoms with E-state index in [0.29, 0.717) is 55.9 Å². The quantitative estimate of drug-likeness (QED) is 0.0179. The minimum atomic E-state index is -2.02. The number of benzene rings is 3. The van der Waals surface area contributed by atoms with E-state index < -0.39 is 127 Å². The fraction of sp³-hybridized carbons (Fsp3) is 0.585. The Bertz CT molecular complexity index is 2710. The second-order valence-corrected chi connectivity index (χ2v) is 26.4. The molecule has 0 bridgehead atoms. The summed E-state index contributed by atoms with van der Waals surface area (Å²) in [6.07, 6.45) is -15.9. The van der Waals surface area contributed by atoms with Gasteiger partial charge in [-0.2, -0.15) is 0 Å². The first kappa shape index (κ1) is 70.9. The van der Waals surface area contributed by atoms with Crippen molar-refractivity contribution in [2.45, 2.75) is 151 Å². The molecule has 474 valence electrons. The number of unbranched alkanes of at least 4 members (excludes halogenated alkanes) is 5. The Hall–Kier alpha value is -4.14. The number of hydrogen-bond acceptors (Lipinski definition) is 26. The lowest BCUT2D eigenvalue weighted by Crippen LogP contribution is -2.66. The Morgan fingerprint density at radius 3 is 1.50 bits per heavy atom. The van der Waals surface area contributed by atoms with Crippen molar-refractivity contribution in [3.8, 4) is 17.2 Å². The summed E-state index contributed by atoms with van der Waals surface area (Å²) in [5, 5.41) is 120. The first-order valence-corrected chi connectivity index (χ1v) is 34.2. The van der Waals surface area contributed by atoms with E-state index in [1.54, 1.807) is 66.3 Å². The first-order chi connectivity index (χ1) is 41.2. The average Bonchev–Trinajstić information content (AvgIpc) is 1.55. The van der Waals surface area contributed by atoms with Crippen LogP contribution in [-0.2, 0) is 75.1 Å². The van der Waals surface area contributed by atoms with E-state index in [9.17, 15) is 55.9 Å². The molecular formula is C53H77N7O20P3S3+3. The molecule has 0 aromatic heterocycles. The maximum atomic E-state index is 12.6. The molecule has 3 aromatic carbocycles. The fourth-order valence-electron chi connectivity index (χ4n) is 8.62. The minimum Gasteiger partial charge on any atom is -0.394 e. The largest absolute Gasteiger partial charge is 0.540 e. The average molecular weight is 1320 g/mol. The third-order valence-corrected chi connectivity index (χ3v) is 19.2. The highest BCUT2D eigenvalue weighted by molar-refractivity contribution is 8.02. The summed E-state index contributed by atoms with van der Waals surface area (Å²) in [7, 11) is 0.918. The predicted molar refractivity (Wildman–Crippen MR) is 326 cm³/mol. The number of nitrogens with zero attached hydrogens (tertiary/aromatic N) is 6. The van der Waals surface area contributed by atoms with E-state index in [0.717, 1.165) is 36.0 Å². The van der Waals surface area contributed by atoms with E-state index in [1.807, 2.05) is 67.6 Å². The third-order valence-electron chi connectivity index (χ3n) is 13.6. The van der Waals surface area contributed by atoms with Gasteiger partial charge >= 0.3 is 21.2 Å². The van der Waals surface area contributed by atoms with Crippen molar-refractivity contribution in [1.29, 1.82) is 0 Å². The van der Waals surface area contributed by atoms with Gasteiger partial charge in [0, 0.05) is 25.8 Å². The van der Waals surface area contributed by atoms with Gasteiger partial charge < -0.3 is 84.8 Å². The topological polar surface area (TPSA) is 361 Å². The molecule has 18 atom stereocenters. The second-order valence-electron chi connectivity index (χ2n) is 19.9. The van der Waals surface area contributed by atoms with E-state index in [2.05, 4.69) is 20.6 Å². The maximum absolute atomic E-state index is 12.6. The van der Waals surface area contributed by atoms with Crippen LogP contribution in [0.3, 0.4) is 0 Å². The zero-order valence-corrected chi connectivity index (χ0v) is 52.7. The van der Waals surface area contributed by atoms with Crippen LogP contribution in [-0.4, -0.2) is 230 Å². The van der Waals surface area contributed by atoms with Crippen LogP contribution < -0.4 is 18.9 Å². The van der Waals surface area contributed by atoms with Crippen molar-refractivity contribution >= 4 is 81.2 Å². The van der Waals surface area contributed by atoms with Crippen LogP contribution in [0.25, 0.3) is 0 Å². The van der Waals surface area contributed by atoms with Gasteiger partial charge in [-0.1, -0.05) is 52.2 Å². The summed E-state index contributed by atoms with van der Waals surface area (Å²) in [6, 6.07) is 22.2. The highest BCUT2D eigenvalue weighted by atomic mass is 32.4. The fourth-order valence-corrected chi connectivity index (χ4v) is 11.5. The lowest BCUT2D eigenvalue weighted by atomic mass is 9.97. The van der Waals surface area contributed by atoms with Crippen LogP contribution in [0.4, 0.5) is 0 Å². The lowest BCUT2D eigenvalue weighted by molar-refractivity contribution is -0.402. The number of aliphatic hydroxyl groups excluding tert-OH is 10. The molecule has 3 aliphatic rings. The second kappa shape index (κ2) is 35.9. The Kier molecular flexibility index (Phi) is 29.6. The van der Waals surface area contributed by atoms with Crippen molar-refractivity contribution < 1.29 is 97.9 Å². The van der Waals surface area contributed by atoms with Gasteiger partial charge in [0.15, 0.2) is 42.4 Å². The smallest absolute Gasteiger partial charge is 0.394 e. The van der Waals surface area contributed by atoms with Crippen LogP contribution in [0.1, 0.15) is 68.6 Å². The molecule has 3 aromatic rings. The van der Waals surface area contributed by atoms with Crippen LogP contribution in [0.5, 0.6) is 17.2 Å². The van der Waals surface area contributed by atoms with Gasteiger partial charge in [-0.15, -0.1) is 15.3 Å². The predicted octanol–water partition coefficient (Wildman–Crippen LogP) is 1.83. The number of hydrazone groups is 3. The number of aliphatic hydroxyl groups is 10. The highest BCUT2D eigenvalue weighted by Crippen LogP contribution is 2.36. The number of hydrogen-bond donors (Lipinski definition) is 11. The van der Waals surface area contributed by atoms with Crippen molar-refractivity contribution in [3.63, 3.8) is 0 Å². The SMILES string of the molecule is CC=NN(C)[P+](=S)Oc1ccc(C=NN(C)[P+](=S)Oc2ccc(C=NN(C)[P+](=S)Oc3ccc(CCNC(=O)CCCCCCCCOC4OC(CO)C(O)C(O)C4OC4OC(CO)C(O)C(O)C4OC4OC(O)C(O)C(O)C4O)cc3)cc2)cc1. The Balaban J connectivity index is 0.834. The van der Waals surface area contributed by atoms with Crippen molar-refractivity contribution in [1.82, 2.24) is 19.7 Å². The van der Waals surface area contributed by atoms with Crippen molar-refractivity contribution in [3.05, 3.63) is 89.5 Å². The molecule has 18 unspecified atom stereocenters. The summed E-state index contributed by atoms with van der Waals surface area (Å²) in [5.74, 6) is 1.76. The molecule has 3 heterocycles. The molecule has 6 rings (SSSR count). The van der Waals surface area contributed by atoms with Gasteiger partial charge in [-0.05, 0) is 104 Å². The Labute approximate surface area is 516 Å². The molecule has 3 aliphatic heterocycles. The number of ether oxygens (including phenoxy) is 6. The number of carbonyl (C=O) groups excluding carboxylic acids is 1. The molecule has 3 saturated heterocycles. The number of amides is 1. The standard InChI is InChI=1S/C53H76N7O20P3S3/c1-5-55-58(2)81(84)78-36-21-15-33(16-22-36)28-57-60(4)83(86)80-37-23-17-34(18-24-37)29-56-59(3)82(85)79-35-19-13-32(14-20-35)25-26-54-40(63)12-10-8-6-7-9-11-27-72-52-48(44(67)41(64)38(30-61)73-52)76-53-49(45(68)42(65)39(31-62)74-53)75-51-47(70)43(66)46(69)50(71)77-51/h5,13-24,28-29,38-39,41-53,61-62,64-71H,6-12,25-27,30-31H2,1-4H3/q+2/p+1. The molecule has 0 aliphatic carbocycles. The van der Waals surface area contributed by atoms with Crippen LogP contribution in [0.2, 0.25) is 0 Å². The van der Waals surface area contributed by atoms with E-state index >= 15 is 0 Å². The van der Waals surface area contributed by atoms with Gasteiger partial charge in [0.1, 0.15) is 67.1 Å². The maximum Gasteiger partial charge on any atom is 0.540 e. The Morgan fingerprint density at radius 1 is 0.558 bits per heavy atom. The van der Waals surface area contributed by atoms with Gasteiger partial charge in [-0.3, -0.25) is 18.4 Å². The van der Waals surface area contributed by atoms with E-state index in [-0.39, 0.29) is 12.5 Å². The summed E-state index contributed by atoms with van der Waals surface area (Å²) in [5.41, 5.74) is 2.67. The van der Waals surface area contributed by atoms with E-state index in [1.165, 1.54) is 0 Å². The number of rotatable bonds is 33. The molecule has 86 heavy (non-hydrogen) atoms. The number of nitrogens with one attached hydrogen (secondary N) is 1. The zero-order chi connectivity index (χ0) is 62.5. The molecule has 0 spiro atoms. The molecule has 11 N–H and O–H groups in total. The van der Waals surface area contributed by atoms with E-state index in [4.69, 9.17) is 77.4 Å². The van der Waals surface area contributed by atoms with Crippen LogP contribution in [0, 0.1) is 0 Å². The molecular weight excluding hydrogens is 1240 g/mol. The van der Waals surface area contributed by atoms with Crippen LogP contribution in [0.15, 0.2) is 88.1 Å². The molecule has 1 amide bonds. The van der Waals surface area contributed by atoms with Gasteiger partial charge in [0.2, 0.25) is 41.3 Å². The molecule has 0 saturated carbocycles. The third kappa shape index (κ3) is 21.3. The van der Waals surface area contributed by atoms with Gasteiger partial charge in [-0.25, -0.2) is 0 Å². The number of carbonyl (C=O) groups is 1. The molecule has 3 fully saturated rings. The molecule has 0 radical (unpaired) electrons. The van der Waals surface area contributed by atoms with Gasteiger partial charge in [0.25, 0.3) is 0 Å². The summed E-state index contributed by atoms with van der Waals surface area (Å²) in [4.78, 5) is 12.6. The monoisotopic (exact) mass is 1320 g/mol.